The zero-order chi connectivity index (χ0) is 13.6. The van der Waals surface area contributed by atoms with Gasteiger partial charge < -0.3 is 10.4 Å². The summed E-state index contributed by atoms with van der Waals surface area (Å²) in [6.45, 7) is 3.75. The number of aliphatic hydroxyl groups excluding tert-OH is 1. The van der Waals surface area contributed by atoms with Gasteiger partial charge in [0.05, 0.1) is 11.9 Å². The molecule has 2 aliphatic rings. The summed E-state index contributed by atoms with van der Waals surface area (Å²) in [6.07, 6.45) is 1.94. The van der Waals surface area contributed by atoms with Crippen LogP contribution in [0.3, 0.4) is 0 Å². The van der Waals surface area contributed by atoms with Crippen LogP contribution in [0, 0.1) is 5.41 Å². The minimum atomic E-state index is -3.28. The summed E-state index contributed by atoms with van der Waals surface area (Å²) >= 11 is 0. The molecule has 18 heavy (non-hydrogen) atoms. The van der Waals surface area contributed by atoms with Crippen molar-refractivity contribution in [2.24, 2.45) is 5.41 Å². The second-order valence-corrected chi connectivity index (χ2v) is 8.29. The van der Waals surface area contributed by atoms with Gasteiger partial charge in [-0.1, -0.05) is 20.3 Å². The highest BCUT2D eigenvalue weighted by atomic mass is 32.2. The van der Waals surface area contributed by atoms with Crippen molar-refractivity contribution in [2.75, 3.05) is 5.75 Å². The van der Waals surface area contributed by atoms with Gasteiger partial charge in [0.2, 0.25) is 5.91 Å². The summed E-state index contributed by atoms with van der Waals surface area (Å²) in [5.74, 6) is -0.276. The normalized spacial score (nSPS) is 37.6. The molecule has 1 saturated carbocycles. The molecule has 0 radical (unpaired) electrons. The first-order valence-corrected chi connectivity index (χ1v) is 8.16. The summed E-state index contributed by atoms with van der Waals surface area (Å²) in [5, 5.41) is 11.5. The largest absolute Gasteiger partial charge is 0.392 e. The Kier molecular flexibility index (Phi) is 3.44. The van der Waals surface area contributed by atoms with Crippen LogP contribution in [0.25, 0.3) is 0 Å². The molecule has 1 saturated heterocycles. The molecule has 1 heterocycles. The van der Waals surface area contributed by atoms with Crippen LogP contribution >= 0.6 is 0 Å². The van der Waals surface area contributed by atoms with E-state index in [1.165, 1.54) is 0 Å². The zero-order valence-electron chi connectivity index (χ0n) is 10.8. The van der Waals surface area contributed by atoms with E-state index in [4.69, 9.17) is 0 Å². The molecule has 1 aliphatic heterocycles. The molecule has 2 N–H and O–H groups in total. The number of hydrogen-bond acceptors (Lipinski definition) is 4. The minimum Gasteiger partial charge on any atom is -0.392 e. The Morgan fingerprint density at radius 2 is 2.00 bits per heavy atom. The van der Waals surface area contributed by atoms with Crippen LogP contribution in [-0.4, -0.2) is 42.6 Å². The molecule has 3 atom stereocenters. The van der Waals surface area contributed by atoms with Crippen molar-refractivity contribution in [3.63, 3.8) is 0 Å². The Balaban J connectivity index is 2.01. The van der Waals surface area contributed by atoms with Crippen molar-refractivity contribution in [1.82, 2.24) is 5.32 Å². The lowest BCUT2D eigenvalue weighted by Gasteiger charge is -2.49. The van der Waals surface area contributed by atoms with Crippen LogP contribution in [0.4, 0.5) is 0 Å². The van der Waals surface area contributed by atoms with Gasteiger partial charge in [0, 0.05) is 11.5 Å². The van der Waals surface area contributed by atoms with E-state index in [-0.39, 0.29) is 23.1 Å². The van der Waals surface area contributed by atoms with E-state index in [0.717, 1.165) is 6.42 Å². The summed E-state index contributed by atoms with van der Waals surface area (Å²) in [4.78, 5) is 12.0. The fraction of sp³-hybridized carbons (Fsp3) is 0.917. The van der Waals surface area contributed by atoms with Gasteiger partial charge in [-0.25, -0.2) is 8.42 Å². The van der Waals surface area contributed by atoms with Gasteiger partial charge in [-0.15, -0.1) is 0 Å². The van der Waals surface area contributed by atoms with Crippen molar-refractivity contribution < 1.29 is 18.3 Å². The Morgan fingerprint density at radius 3 is 2.50 bits per heavy atom. The van der Waals surface area contributed by atoms with Crippen LogP contribution in [0.1, 0.15) is 39.5 Å². The van der Waals surface area contributed by atoms with Crippen molar-refractivity contribution >= 4 is 15.7 Å². The minimum absolute atomic E-state index is 0.113. The fourth-order valence-electron chi connectivity index (χ4n) is 2.66. The number of nitrogens with one attached hydrogen (secondary N) is 1. The Bertz CT molecular complexity index is 443. The molecule has 0 aromatic heterocycles. The third kappa shape index (κ3) is 2.28. The molecular weight excluding hydrogens is 254 g/mol. The lowest BCUT2D eigenvalue weighted by molar-refractivity contribution is -0.129. The number of carbonyl (C=O) groups excluding carboxylic acids is 1. The van der Waals surface area contributed by atoms with Crippen molar-refractivity contribution in [1.29, 1.82) is 0 Å². The standard InChI is InChI=1S/C12H21NO4S/c1-12(2)9(7-10(12)14)13-11(15)8-5-3-4-6-18(8,16)17/h8-10,14H,3-7H2,1-2H3,(H,13,15). The van der Waals surface area contributed by atoms with Gasteiger partial charge in [-0.3, -0.25) is 4.79 Å². The highest BCUT2D eigenvalue weighted by Gasteiger charge is 2.49. The lowest BCUT2D eigenvalue weighted by Crippen LogP contribution is -2.63. The smallest absolute Gasteiger partial charge is 0.238 e. The van der Waals surface area contributed by atoms with Gasteiger partial charge in [-0.05, 0) is 19.3 Å². The van der Waals surface area contributed by atoms with E-state index < -0.39 is 21.2 Å². The van der Waals surface area contributed by atoms with E-state index in [0.29, 0.717) is 19.3 Å². The molecule has 5 nitrogen and oxygen atoms in total. The lowest BCUT2D eigenvalue weighted by atomic mass is 9.64. The molecule has 0 spiro atoms. The van der Waals surface area contributed by atoms with Crippen molar-refractivity contribution in [3.8, 4) is 0 Å². The molecule has 2 rings (SSSR count). The van der Waals surface area contributed by atoms with E-state index in [2.05, 4.69) is 5.32 Å². The average Bonchev–Trinajstić information content (AvgIpc) is 2.27. The van der Waals surface area contributed by atoms with Crippen LogP contribution in [0.5, 0.6) is 0 Å². The molecule has 0 aromatic rings. The van der Waals surface area contributed by atoms with Gasteiger partial charge in [-0.2, -0.15) is 0 Å². The number of sulfone groups is 1. The Hall–Kier alpha value is -0.620. The molecule has 0 aromatic carbocycles. The molecule has 0 bridgehead atoms. The maximum atomic E-state index is 12.0. The highest BCUT2D eigenvalue weighted by Crippen LogP contribution is 2.40. The van der Waals surface area contributed by atoms with Crippen LogP contribution < -0.4 is 5.32 Å². The van der Waals surface area contributed by atoms with Gasteiger partial charge in [0.25, 0.3) is 0 Å². The molecule has 1 amide bonds. The first-order valence-electron chi connectivity index (χ1n) is 6.45. The summed E-state index contributed by atoms with van der Waals surface area (Å²) in [5.41, 5.74) is -0.367. The third-order valence-corrected chi connectivity index (χ3v) is 6.58. The monoisotopic (exact) mass is 275 g/mol. The number of amides is 1. The fourth-order valence-corrected chi connectivity index (χ4v) is 4.47. The molecule has 3 unspecified atom stereocenters. The second kappa shape index (κ2) is 4.49. The SMILES string of the molecule is CC1(C)C(O)CC1NC(=O)C1CCCCS1(=O)=O. The molecule has 104 valence electrons. The zero-order valence-corrected chi connectivity index (χ0v) is 11.7. The first-order chi connectivity index (χ1) is 8.25. The topological polar surface area (TPSA) is 83.5 Å². The van der Waals surface area contributed by atoms with Crippen LogP contribution in [0.2, 0.25) is 0 Å². The van der Waals surface area contributed by atoms with Gasteiger partial charge in [0.15, 0.2) is 9.84 Å². The molecular formula is C12H21NO4S. The predicted molar refractivity (Wildman–Crippen MR) is 67.8 cm³/mol. The third-order valence-electron chi connectivity index (χ3n) is 4.40. The average molecular weight is 275 g/mol. The van der Waals surface area contributed by atoms with E-state index in [9.17, 15) is 18.3 Å². The first kappa shape index (κ1) is 13.8. The number of aliphatic hydroxyl groups is 1. The summed E-state index contributed by atoms with van der Waals surface area (Å²) in [7, 11) is -3.28. The van der Waals surface area contributed by atoms with Gasteiger partial charge in [0.1, 0.15) is 5.25 Å². The van der Waals surface area contributed by atoms with E-state index in [1.807, 2.05) is 13.8 Å². The van der Waals surface area contributed by atoms with E-state index >= 15 is 0 Å². The molecule has 2 fully saturated rings. The Labute approximate surface area is 108 Å². The maximum absolute atomic E-state index is 12.0. The van der Waals surface area contributed by atoms with Crippen molar-refractivity contribution in [2.45, 2.75) is 56.9 Å². The predicted octanol–water partition coefficient (Wildman–Crippen LogP) is 0.229. The maximum Gasteiger partial charge on any atom is 0.238 e. The van der Waals surface area contributed by atoms with Crippen LogP contribution in [0.15, 0.2) is 0 Å². The quantitative estimate of drug-likeness (QED) is 0.755. The Morgan fingerprint density at radius 1 is 1.33 bits per heavy atom. The highest BCUT2D eigenvalue weighted by molar-refractivity contribution is 7.92. The van der Waals surface area contributed by atoms with Crippen LogP contribution in [-0.2, 0) is 14.6 Å². The second-order valence-electron chi connectivity index (χ2n) is 5.99. The van der Waals surface area contributed by atoms with Crippen molar-refractivity contribution in [3.05, 3.63) is 0 Å². The number of hydrogen-bond donors (Lipinski definition) is 2. The van der Waals surface area contributed by atoms with Gasteiger partial charge >= 0.3 is 0 Å². The summed E-state index contributed by atoms with van der Waals surface area (Å²) in [6, 6.07) is -0.128. The molecule has 6 heteroatoms. The summed E-state index contributed by atoms with van der Waals surface area (Å²) < 4.78 is 23.7. The number of carbonyl (C=O) groups is 1. The van der Waals surface area contributed by atoms with E-state index in [1.54, 1.807) is 0 Å². The number of rotatable bonds is 2. The molecule has 1 aliphatic carbocycles.